The number of ether oxygens (including phenoxy) is 3. The molecule has 0 amide bonds. The maximum absolute atomic E-state index is 11.7. The molecule has 0 saturated carbocycles. The van der Waals surface area contributed by atoms with Gasteiger partial charge in [0.05, 0.1) is 46.5 Å². The molecule has 3 aromatic carbocycles. The van der Waals surface area contributed by atoms with E-state index in [-0.39, 0.29) is 58.6 Å². The predicted molar refractivity (Wildman–Crippen MR) is 256 cm³/mol. The highest BCUT2D eigenvalue weighted by atomic mass is 36.0. The van der Waals surface area contributed by atoms with Crippen LogP contribution in [0.15, 0.2) is 83.2 Å². The van der Waals surface area contributed by atoms with Gasteiger partial charge in [-0.1, -0.05) is 94.9 Å². The Morgan fingerprint density at radius 3 is 1.68 bits per heavy atom. The lowest BCUT2D eigenvalue weighted by atomic mass is 10.0. The number of benzene rings is 3. The number of hydrogen-bond acceptors (Lipinski definition) is 14. The smallest absolute Gasteiger partial charge is 0.347 e. The van der Waals surface area contributed by atoms with E-state index in [4.69, 9.17) is 80.4 Å². The molecular formula is C40H42Cl7N4O13P. The molecule has 25 heteroatoms. The van der Waals surface area contributed by atoms with Gasteiger partial charge in [0, 0.05) is 35.9 Å². The van der Waals surface area contributed by atoms with Crippen LogP contribution in [0.4, 0.5) is 5.69 Å². The molecule has 5 aromatic rings. The van der Waals surface area contributed by atoms with Crippen LogP contribution in [0.25, 0.3) is 26.8 Å². The van der Waals surface area contributed by atoms with Crippen LogP contribution in [0.1, 0.15) is 60.9 Å². The van der Waals surface area contributed by atoms with Gasteiger partial charge < -0.3 is 46.0 Å². The summed E-state index contributed by atoms with van der Waals surface area (Å²) in [7, 11) is 0. The van der Waals surface area contributed by atoms with Crippen LogP contribution < -0.4 is 17.0 Å². The van der Waals surface area contributed by atoms with Crippen molar-refractivity contribution in [3.05, 3.63) is 116 Å². The number of rotatable bonds is 6. The van der Waals surface area contributed by atoms with Gasteiger partial charge in [-0.2, -0.15) is 0 Å². The van der Waals surface area contributed by atoms with E-state index in [1.165, 1.54) is 0 Å². The number of carboxylic acid groups (broad SMARTS) is 2. The Morgan fingerprint density at radius 1 is 0.723 bits per heavy atom. The molecule has 1 aliphatic rings. The first-order valence-corrected chi connectivity index (χ1v) is 24.0. The largest absolute Gasteiger partial charge is 0.506 e. The number of carbonyl (C=O) groups is 5. The van der Waals surface area contributed by atoms with E-state index in [2.05, 4.69) is 49.0 Å². The molecule has 2 aromatic heterocycles. The van der Waals surface area contributed by atoms with E-state index in [0.29, 0.717) is 26.8 Å². The first-order valence-electron chi connectivity index (χ1n) is 18.0. The van der Waals surface area contributed by atoms with Crippen LogP contribution in [0.2, 0.25) is 10.2 Å². The van der Waals surface area contributed by atoms with E-state index in [0.717, 1.165) is 25.1 Å². The fraction of sp³-hybridized carbons (Fsp3) is 0.225. The van der Waals surface area contributed by atoms with Gasteiger partial charge >= 0.3 is 23.1 Å². The van der Waals surface area contributed by atoms with Gasteiger partial charge in [0.15, 0.2) is 5.56 Å². The number of halogens is 7. The number of para-hydroxylation sites is 3. The molecule has 0 spiro atoms. The van der Waals surface area contributed by atoms with Gasteiger partial charge in [-0.3, -0.25) is 18.9 Å². The van der Waals surface area contributed by atoms with Crippen LogP contribution in [0.3, 0.4) is 0 Å². The number of alkyl halides is 1. The summed E-state index contributed by atoms with van der Waals surface area (Å²) in [4.78, 5) is 71.3. The lowest BCUT2D eigenvalue weighted by Gasteiger charge is -2.24. The van der Waals surface area contributed by atoms with Crippen molar-refractivity contribution < 1.29 is 58.1 Å². The Kier molecular flexibility index (Phi) is 27.5. The number of H-pyrrole nitrogens is 1. The zero-order chi connectivity index (χ0) is 48.9. The van der Waals surface area contributed by atoms with Crippen molar-refractivity contribution in [3.8, 4) is 5.75 Å². The minimum absolute atomic E-state index is 0. The molecule has 0 fully saturated rings. The number of fused-ring (bicyclic) bond motifs is 3. The van der Waals surface area contributed by atoms with Crippen molar-refractivity contribution in [3.63, 3.8) is 0 Å². The van der Waals surface area contributed by atoms with E-state index < -0.39 is 46.1 Å². The highest BCUT2D eigenvalue weighted by Crippen LogP contribution is 2.61. The summed E-state index contributed by atoms with van der Waals surface area (Å²) in [6.07, 6.45) is 0. The zero-order valence-electron chi connectivity index (χ0n) is 34.8. The molecule has 1 atom stereocenters. The monoisotopic (exact) mass is 1060 g/mol. The zero-order valence-corrected chi connectivity index (χ0v) is 41.0. The average Bonchev–Trinajstić information content (AvgIpc) is 3.18. The third-order valence-electron chi connectivity index (χ3n) is 7.07. The Morgan fingerprint density at radius 2 is 1.15 bits per heavy atom. The Bertz CT molecular complexity index is 2560. The number of esters is 3. The number of carbonyl (C=O) groups excluding carboxylic acids is 3. The van der Waals surface area contributed by atoms with Gasteiger partial charge in [-0.25, -0.2) is 19.4 Å². The van der Waals surface area contributed by atoms with Gasteiger partial charge in [-0.05, 0) is 78.8 Å². The molecule has 6 rings (SSSR count). The van der Waals surface area contributed by atoms with Crippen molar-refractivity contribution >= 4 is 148 Å². The maximum atomic E-state index is 11.7. The molecule has 354 valence electrons. The first-order chi connectivity index (χ1) is 29.9. The molecule has 17 nitrogen and oxygen atoms in total. The quantitative estimate of drug-likeness (QED) is 0.0230. The Balaban J connectivity index is 0.000000826. The Hall–Kier alpha value is -4.81. The van der Waals surface area contributed by atoms with E-state index >= 15 is 0 Å². The first kappa shape index (κ1) is 60.2. The Labute approximate surface area is 406 Å². The molecule has 0 saturated heterocycles. The SMILES string of the molecule is CC(=O)O.CC(=O)O.CCOC(=O)C1=C(Cl)c2ccccc2NC1Cl.CCOC(=O)c1c(Cl)nc2ccccc2c1Cl.CCOC(=O)c1c(O)c2ccccc2[nH]c1=O.N.O=P(Cl)(Cl)Cl. The van der Waals surface area contributed by atoms with Crippen LogP contribution in [0.5, 0.6) is 5.75 Å². The van der Waals surface area contributed by atoms with Crippen LogP contribution in [0, 0.1) is 0 Å². The fourth-order valence-corrected chi connectivity index (χ4v) is 6.17. The molecule has 0 bridgehead atoms. The van der Waals surface area contributed by atoms with E-state index in [1.54, 1.807) is 57.2 Å². The van der Waals surface area contributed by atoms with Crippen molar-refractivity contribution in [1.82, 2.24) is 16.1 Å². The number of hydrogen-bond donors (Lipinski definition) is 6. The second-order valence-corrected chi connectivity index (χ2v) is 19.9. The third-order valence-corrected chi connectivity index (χ3v) is 8.47. The molecular weight excluding hydrogens is 1020 g/mol. The fourth-order valence-electron chi connectivity index (χ4n) is 4.81. The summed E-state index contributed by atoms with van der Waals surface area (Å²) in [6, 6.07) is 21.3. The number of aromatic hydroxyl groups is 1. The van der Waals surface area contributed by atoms with Crippen molar-refractivity contribution in [2.45, 2.75) is 40.1 Å². The summed E-state index contributed by atoms with van der Waals surface area (Å²) in [5.74, 6) is -3.87. The summed E-state index contributed by atoms with van der Waals surface area (Å²) in [5, 5.41) is 26.3. The standard InChI is InChI=1S/C12H11Cl2NO2.C12H9Cl2NO2.C12H11NO4.2C2H4O2.Cl3OP.H3N/c2*1-2-17-12(16)9-10(13)7-5-3-4-6-8(7)15-11(9)14;1-2-17-12(16)9-10(14)7-5-3-4-6-8(7)13-11(9)15;2*1-2(3)4;1-5(2,3)4;/h3-6,11,15H,2H2,1H3;3-6H,2H2,1H3;3-6H,2H2,1H3,(H2,13,14,15);2*1H3,(H,3,4);;1H3. The number of aromatic amines is 1. The second-order valence-electron chi connectivity index (χ2n) is 11.7. The molecule has 8 N–H and O–H groups in total. The lowest BCUT2D eigenvalue weighted by Crippen LogP contribution is -2.27. The number of aromatic nitrogens is 2. The van der Waals surface area contributed by atoms with Crippen LogP contribution in [-0.4, -0.2) is 80.5 Å². The number of nitrogens with one attached hydrogen (secondary N) is 2. The number of carboxylic acids is 2. The average molecular weight is 1070 g/mol. The summed E-state index contributed by atoms with van der Waals surface area (Å²) < 4.78 is 24.1. The predicted octanol–water partition coefficient (Wildman–Crippen LogP) is 11.5. The number of anilines is 1. The minimum atomic E-state index is -3.22. The molecule has 0 radical (unpaired) electrons. The van der Waals surface area contributed by atoms with Crippen molar-refractivity contribution in [1.29, 1.82) is 0 Å². The van der Waals surface area contributed by atoms with E-state index in [1.807, 2.05) is 36.4 Å². The number of aliphatic carboxylic acids is 2. The molecule has 0 aliphatic carbocycles. The van der Waals surface area contributed by atoms with Gasteiger partial charge in [-0.15, -0.1) is 0 Å². The second kappa shape index (κ2) is 29.7. The summed E-state index contributed by atoms with van der Waals surface area (Å²) in [6.45, 7) is 7.94. The highest BCUT2D eigenvalue weighted by Gasteiger charge is 2.30. The van der Waals surface area contributed by atoms with Crippen molar-refractivity contribution in [2.24, 2.45) is 0 Å². The molecule has 3 heterocycles. The van der Waals surface area contributed by atoms with Crippen LogP contribution in [-0.2, 0) is 33.2 Å². The van der Waals surface area contributed by atoms with Gasteiger partial charge in [0.25, 0.3) is 17.5 Å². The maximum Gasteiger partial charge on any atom is 0.347 e. The van der Waals surface area contributed by atoms with Crippen molar-refractivity contribution in [2.75, 3.05) is 25.1 Å². The normalized spacial score (nSPS) is 12.0. The molecule has 1 aliphatic heterocycles. The van der Waals surface area contributed by atoms with E-state index in [9.17, 15) is 28.8 Å². The molecule has 1 unspecified atom stereocenters. The van der Waals surface area contributed by atoms with Gasteiger partial charge in [0.1, 0.15) is 22.0 Å². The number of pyridine rings is 2. The van der Waals surface area contributed by atoms with Crippen LogP contribution >= 0.6 is 85.3 Å². The summed E-state index contributed by atoms with van der Waals surface area (Å²) >= 11 is 38.2. The molecule has 65 heavy (non-hydrogen) atoms. The lowest BCUT2D eigenvalue weighted by molar-refractivity contribution is -0.138. The van der Waals surface area contributed by atoms with Gasteiger partial charge in [0.2, 0.25) is 0 Å². The summed E-state index contributed by atoms with van der Waals surface area (Å²) in [5.41, 5.74) is 1.39. The minimum Gasteiger partial charge on any atom is -0.506 e. The highest BCUT2D eigenvalue weighted by molar-refractivity contribution is 8.24. The number of nitrogens with zero attached hydrogens (tertiary/aromatic N) is 1. The third kappa shape index (κ3) is 20.5. The topological polar surface area (TPSA) is 284 Å².